The van der Waals surface area contributed by atoms with Crippen LogP contribution in [0, 0.1) is 5.92 Å². The summed E-state index contributed by atoms with van der Waals surface area (Å²) in [5.74, 6) is -0.454. The van der Waals surface area contributed by atoms with Crippen LogP contribution < -0.4 is 10.4 Å². The fourth-order valence-corrected chi connectivity index (χ4v) is 10.6. The van der Waals surface area contributed by atoms with E-state index in [9.17, 15) is 13.2 Å². The number of sulfonamides is 1. The van der Waals surface area contributed by atoms with Gasteiger partial charge in [0.25, 0.3) is 8.32 Å². The minimum absolute atomic E-state index is 0.0214. The van der Waals surface area contributed by atoms with E-state index in [2.05, 4.69) is 45.0 Å². The first kappa shape index (κ1) is 22.5. The van der Waals surface area contributed by atoms with Gasteiger partial charge in [-0.05, 0) is 27.8 Å². The van der Waals surface area contributed by atoms with Gasteiger partial charge >= 0.3 is 6.09 Å². The molecule has 3 rings (SSSR count). The lowest BCUT2D eigenvalue weighted by Gasteiger charge is -2.44. The van der Waals surface area contributed by atoms with Crippen molar-refractivity contribution in [2.24, 2.45) is 5.92 Å². The van der Waals surface area contributed by atoms with Crippen LogP contribution in [0.3, 0.4) is 0 Å². The predicted octanol–water partition coefficient (Wildman–Crippen LogP) is 2.89. The second-order valence-electron chi connectivity index (χ2n) is 8.76. The molecule has 1 unspecified atom stereocenters. The summed E-state index contributed by atoms with van der Waals surface area (Å²) in [6.45, 7) is 6.77. The molecule has 1 heterocycles. The Morgan fingerprint density at radius 3 is 1.97 bits per heavy atom. The van der Waals surface area contributed by atoms with Crippen molar-refractivity contribution in [2.75, 3.05) is 18.9 Å². The smallest absolute Gasteiger partial charge is 0.421 e. The van der Waals surface area contributed by atoms with E-state index in [0.29, 0.717) is 10.7 Å². The Balaban J connectivity index is 1.96. The van der Waals surface area contributed by atoms with Crippen LogP contribution >= 0.6 is 0 Å². The SMILES string of the molecule is CC(C)(C)[Si](OCC1CCN(C(=O)O)S(=O)(=O)C1)(c1ccccc1)c1ccccc1. The Kier molecular flexibility index (Phi) is 6.40. The number of amides is 1. The highest BCUT2D eigenvalue weighted by atomic mass is 32.2. The minimum atomic E-state index is -3.84. The maximum absolute atomic E-state index is 12.4. The average molecular weight is 448 g/mol. The van der Waals surface area contributed by atoms with E-state index < -0.39 is 24.4 Å². The van der Waals surface area contributed by atoms with Gasteiger partial charge < -0.3 is 9.53 Å². The van der Waals surface area contributed by atoms with Crippen molar-refractivity contribution in [2.45, 2.75) is 32.2 Å². The number of rotatable bonds is 5. The summed E-state index contributed by atoms with van der Waals surface area (Å²) < 4.78 is 32.1. The molecule has 0 spiro atoms. The van der Waals surface area contributed by atoms with Crippen LogP contribution in [-0.2, 0) is 14.4 Å². The zero-order chi connectivity index (χ0) is 22.0. The number of benzene rings is 2. The van der Waals surface area contributed by atoms with E-state index in [1.54, 1.807) is 0 Å². The lowest BCUT2D eigenvalue weighted by molar-refractivity contribution is 0.162. The monoisotopic (exact) mass is 447 g/mol. The van der Waals surface area contributed by atoms with Gasteiger partial charge in [-0.15, -0.1) is 0 Å². The van der Waals surface area contributed by atoms with Gasteiger partial charge in [0.15, 0.2) is 0 Å². The summed E-state index contributed by atoms with van der Waals surface area (Å²) in [6.07, 6.45) is -0.953. The van der Waals surface area contributed by atoms with Crippen molar-refractivity contribution in [3.63, 3.8) is 0 Å². The van der Waals surface area contributed by atoms with E-state index in [0.717, 1.165) is 10.4 Å². The lowest BCUT2D eigenvalue weighted by atomic mass is 10.1. The third-order valence-corrected chi connectivity index (χ3v) is 12.6. The first-order chi connectivity index (χ1) is 14.1. The summed E-state index contributed by atoms with van der Waals surface area (Å²) >= 11 is 0. The van der Waals surface area contributed by atoms with E-state index in [1.807, 2.05) is 36.4 Å². The molecule has 1 aliphatic heterocycles. The molecule has 0 radical (unpaired) electrons. The van der Waals surface area contributed by atoms with Crippen molar-refractivity contribution in [3.05, 3.63) is 60.7 Å². The molecule has 0 aliphatic carbocycles. The van der Waals surface area contributed by atoms with Crippen LogP contribution in [-0.4, -0.2) is 51.1 Å². The maximum Gasteiger partial charge on any atom is 0.421 e. The molecule has 1 atom stereocenters. The highest BCUT2D eigenvalue weighted by Crippen LogP contribution is 2.37. The summed E-state index contributed by atoms with van der Waals surface area (Å²) in [7, 11) is -6.58. The molecule has 1 fully saturated rings. The fraction of sp³-hybridized carbons (Fsp3) is 0.409. The first-order valence-electron chi connectivity index (χ1n) is 10.1. The molecular formula is C22H29NO5SSi. The second-order valence-corrected chi connectivity index (χ2v) is 15.0. The minimum Gasteiger partial charge on any atom is -0.464 e. The molecule has 30 heavy (non-hydrogen) atoms. The third-order valence-electron chi connectivity index (χ3n) is 5.69. The van der Waals surface area contributed by atoms with E-state index >= 15 is 0 Å². The van der Waals surface area contributed by atoms with E-state index in [1.165, 1.54) is 0 Å². The highest BCUT2D eigenvalue weighted by molar-refractivity contribution is 7.89. The van der Waals surface area contributed by atoms with Gasteiger partial charge in [-0.25, -0.2) is 17.5 Å². The van der Waals surface area contributed by atoms with Crippen LogP contribution in [0.5, 0.6) is 0 Å². The molecule has 6 nitrogen and oxygen atoms in total. The van der Waals surface area contributed by atoms with Crippen LogP contribution in [0.25, 0.3) is 0 Å². The highest BCUT2D eigenvalue weighted by Gasteiger charge is 2.50. The zero-order valence-electron chi connectivity index (χ0n) is 17.6. The molecule has 8 heteroatoms. The molecule has 1 aliphatic rings. The Bertz CT molecular complexity index is 934. The molecule has 1 saturated heterocycles. The predicted molar refractivity (Wildman–Crippen MR) is 120 cm³/mol. The number of hydrogen-bond acceptors (Lipinski definition) is 4. The van der Waals surface area contributed by atoms with Gasteiger partial charge in [0.2, 0.25) is 10.0 Å². The average Bonchev–Trinajstić information content (AvgIpc) is 2.68. The number of carbonyl (C=O) groups is 1. The Morgan fingerprint density at radius 1 is 1.07 bits per heavy atom. The summed E-state index contributed by atoms with van der Waals surface area (Å²) in [6, 6.07) is 20.3. The first-order valence-corrected chi connectivity index (χ1v) is 13.6. The largest absolute Gasteiger partial charge is 0.464 e. The molecule has 1 amide bonds. The second kappa shape index (κ2) is 8.53. The van der Waals surface area contributed by atoms with Gasteiger partial charge in [0.05, 0.1) is 5.75 Å². The van der Waals surface area contributed by atoms with Crippen molar-refractivity contribution < 1.29 is 22.7 Å². The number of hydrogen-bond donors (Lipinski definition) is 1. The maximum atomic E-state index is 12.4. The van der Waals surface area contributed by atoms with Crippen LogP contribution in [0.4, 0.5) is 4.79 Å². The number of nitrogens with zero attached hydrogens (tertiary/aromatic N) is 1. The fourth-order valence-electron chi connectivity index (χ4n) is 4.26. The Labute approximate surface area is 179 Å². The summed E-state index contributed by atoms with van der Waals surface area (Å²) in [5, 5.41) is 11.2. The van der Waals surface area contributed by atoms with Crippen molar-refractivity contribution in [3.8, 4) is 0 Å². The normalized spacial score (nSPS) is 19.4. The zero-order valence-corrected chi connectivity index (χ0v) is 19.4. The van der Waals surface area contributed by atoms with Crippen LogP contribution in [0.2, 0.25) is 5.04 Å². The Morgan fingerprint density at radius 2 is 1.57 bits per heavy atom. The van der Waals surface area contributed by atoms with Crippen molar-refractivity contribution in [1.29, 1.82) is 0 Å². The van der Waals surface area contributed by atoms with Crippen molar-refractivity contribution >= 4 is 34.8 Å². The topological polar surface area (TPSA) is 83.9 Å². The molecule has 0 aromatic heterocycles. The summed E-state index contributed by atoms with van der Waals surface area (Å²) in [5.41, 5.74) is 0. The number of carboxylic acid groups (broad SMARTS) is 1. The molecule has 0 saturated carbocycles. The van der Waals surface area contributed by atoms with E-state index in [-0.39, 0.29) is 29.9 Å². The van der Waals surface area contributed by atoms with E-state index in [4.69, 9.17) is 9.53 Å². The quantitative estimate of drug-likeness (QED) is 0.713. The van der Waals surface area contributed by atoms with Gasteiger partial charge in [-0.2, -0.15) is 0 Å². The molecule has 2 aromatic carbocycles. The molecule has 1 N–H and O–H groups in total. The summed E-state index contributed by atoms with van der Waals surface area (Å²) in [4.78, 5) is 11.2. The van der Waals surface area contributed by atoms with Crippen molar-refractivity contribution in [1.82, 2.24) is 4.31 Å². The molecular weight excluding hydrogens is 418 g/mol. The lowest BCUT2D eigenvalue weighted by Crippen LogP contribution is -2.67. The van der Waals surface area contributed by atoms with Gasteiger partial charge in [0.1, 0.15) is 0 Å². The van der Waals surface area contributed by atoms with Crippen LogP contribution in [0.1, 0.15) is 27.2 Å². The Hall–Kier alpha value is -2.16. The third kappa shape index (κ3) is 4.31. The van der Waals surface area contributed by atoms with Gasteiger partial charge in [-0.1, -0.05) is 81.4 Å². The van der Waals surface area contributed by atoms with Gasteiger partial charge in [0, 0.05) is 13.2 Å². The molecule has 162 valence electrons. The van der Waals surface area contributed by atoms with Gasteiger partial charge in [-0.3, -0.25) is 0 Å². The standard InChI is InChI=1S/C22H29NO5SSi/c1-22(2,3)30(19-10-6-4-7-11-19,20-12-8-5-9-13-20)28-16-18-14-15-23(21(24)25)29(26,27)17-18/h4-13,18H,14-17H2,1-3H3,(H,24,25). The molecule has 0 bridgehead atoms. The van der Waals surface area contributed by atoms with Crippen LogP contribution in [0.15, 0.2) is 60.7 Å². The molecule has 2 aromatic rings.